The van der Waals surface area contributed by atoms with E-state index in [1.165, 1.54) is 11.1 Å². The van der Waals surface area contributed by atoms with Crippen LogP contribution in [-0.4, -0.2) is 23.7 Å². The first-order valence-corrected chi connectivity index (χ1v) is 6.34. The van der Waals surface area contributed by atoms with Gasteiger partial charge in [0.15, 0.2) is 0 Å². The van der Waals surface area contributed by atoms with E-state index in [2.05, 4.69) is 0 Å². The van der Waals surface area contributed by atoms with Crippen molar-refractivity contribution in [2.45, 2.75) is 38.1 Å². The minimum Gasteiger partial charge on any atom is -0.494 e. The molecule has 4 nitrogen and oxygen atoms in total. The summed E-state index contributed by atoms with van der Waals surface area (Å²) in [7, 11) is 0. The minimum atomic E-state index is -0.762. The summed E-state index contributed by atoms with van der Waals surface area (Å²) < 4.78 is 5.46. The normalized spacial score (nSPS) is 21.7. The van der Waals surface area contributed by atoms with Gasteiger partial charge >= 0.3 is 5.97 Å². The molecule has 0 heterocycles. The molecule has 0 saturated carbocycles. The molecule has 98 valence electrons. The lowest BCUT2D eigenvalue weighted by atomic mass is 9.93. The van der Waals surface area contributed by atoms with Gasteiger partial charge in [0.25, 0.3) is 0 Å². The Labute approximate surface area is 107 Å². The van der Waals surface area contributed by atoms with Crippen LogP contribution in [0, 0.1) is 0 Å². The van der Waals surface area contributed by atoms with Gasteiger partial charge in [-0.25, -0.2) is 0 Å². The second-order valence-corrected chi connectivity index (χ2v) is 4.70. The predicted molar refractivity (Wildman–Crippen MR) is 68.9 cm³/mol. The smallest absolute Gasteiger partial charge is 0.303 e. The number of rotatable bonds is 5. The Morgan fingerprint density at radius 2 is 2.33 bits per heavy atom. The van der Waals surface area contributed by atoms with Crippen molar-refractivity contribution in [3.63, 3.8) is 0 Å². The van der Waals surface area contributed by atoms with Gasteiger partial charge in [-0.3, -0.25) is 4.79 Å². The highest BCUT2D eigenvalue weighted by molar-refractivity contribution is 5.66. The molecule has 0 aliphatic heterocycles. The molecule has 1 aliphatic carbocycles. The van der Waals surface area contributed by atoms with Crippen LogP contribution in [0.15, 0.2) is 18.2 Å². The van der Waals surface area contributed by atoms with Crippen molar-refractivity contribution in [2.24, 2.45) is 5.73 Å². The van der Waals surface area contributed by atoms with Crippen molar-refractivity contribution in [2.75, 3.05) is 6.61 Å². The number of carbonyl (C=O) groups is 1. The zero-order valence-corrected chi connectivity index (χ0v) is 10.6. The number of hydrogen-bond donors (Lipinski definition) is 2. The highest BCUT2D eigenvalue weighted by Gasteiger charge is 2.30. The number of carboxylic acids is 1. The molecule has 0 bridgehead atoms. The summed E-state index contributed by atoms with van der Waals surface area (Å²) in [6, 6.07) is 6.02. The first-order valence-electron chi connectivity index (χ1n) is 6.34. The quantitative estimate of drug-likeness (QED) is 0.836. The Balaban J connectivity index is 2.15. The maximum absolute atomic E-state index is 10.7. The molecule has 0 saturated heterocycles. The monoisotopic (exact) mass is 249 g/mol. The molecule has 18 heavy (non-hydrogen) atoms. The summed E-state index contributed by atoms with van der Waals surface area (Å²) in [6.07, 6.45) is 1.59. The molecule has 3 N–H and O–H groups in total. The lowest BCUT2D eigenvalue weighted by Crippen LogP contribution is -2.25. The third kappa shape index (κ3) is 2.64. The lowest BCUT2D eigenvalue weighted by Gasteiger charge is -2.15. The zero-order chi connectivity index (χ0) is 13.1. The van der Waals surface area contributed by atoms with Crippen LogP contribution >= 0.6 is 0 Å². The van der Waals surface area contributed by atoms with Crippen LogP contribution in [0.3, 0.4) is 0 Å². The van der Waals surface area contributed by atoms with Crippen LogP contribution in [-0.2, 0) is 11.2 Å². The minimum absolute atomic E-state index is 0.0243. The van der Waals surface area contributed by atoms with Crippen molar-refractivity contribution in [3.8, 4) is 5.75 Å². The Morgan fingerprint density at radius 3 is 3.00 bits per heavy atom. The van der Waals surface area contributed by atoms with Crippen molar-refractivity contribution in [3.05, 3.63) is 29.3 Å². The van der Waals surface area contributed by atoms with Gasteiger partial charge in [-0.05, 0) is 43.0 Å². The molecule has 1 aliphatic rings. The van der Waals surface area contributed by atoms with Crippen LogP contribution in [0.4, 0.5) is 0 Å². The molecular weight excluding hydrogens is 230 g/mol. The highest BCUT2D eigenvalue weighted by Crippen LogP contribution is 2.37. The van der Waals surface area contributed by atoms with Gasteiger partial charge in [-0.2, -0.15) is 0 Å². The van der Waals surface area contributed by atoms with Gasteiger partial charge in [0, 0.05) is 18.4 Å². The average Bonchev–Trinajstić information content (AvgIpc) is 2.62. The molecule has 2 rings (SSSR count). The Bertz CT molecular complexity index is 445. The van der Waals surface area contributed by atoms with E-state index in [0.29, 0.717) is 13.0 Å². The molecule has 0 amide bonds. The molecule has 4 heteroatoms. The molecule has 0 fully saturated rings. The largest absolute Gasteiger partial charge is 0.494 e. The number of fused-ring (bicyclic) bond motifs is 1. The molecule has 0 spiro atoms. The maximum atomic E-state index is 10.7. The van der Waals surface area contributed by atoms with Crippen LogP contribution in [0.2, 0.25) is 0 Å². The fraction of sp³-hybridized carbons (Fsp3) is 0.500. The first-order chi connectivity index (χ1) is 8.61. The molecule has 0 aromatic heterocycles. The van der Waals surface area contributed by atoms with Gasteiger partial charge in [-0.15, -0.1) is 0 Å². The summed E-state index contributed by atoms with van der Waals surface area (Å²) >= 11 is 0. The second-order valence-electron chi connectivity index (χ2n) is 4.70. The maximum Gasteiger partial charge on any atom is 0.303 e. The van der Waals surface area contributed by atoms with Gasteiger partial charge < -0.3 is 15.6 Å². The molecule has 2 atom stereocenters. The molecule has 1 aromatic carbocycles. The summed E-state index contributed by atoms with van der Waals surface area (Å²) in [6.45, 7) is 2.60. The number of benzene rings is 1. The second kappa shape index (κ2) is 5.40. The molecule has 0 radical (unpaired) electrons. The SMILES string of the molecule is CCOc1ccc2c(c1)CC(N)C2CCC(=O)O. The number of nitrogens with two attached hydrogens (primary N) is 1. The summed E-state index contributed by atoms with van der Waals surface area (Å²) in [4.78, 5) is 10.7. The summed E-state index contributed by atoms with van der Waals surface area (Å²) in [5.41, 5.74) is 8.49. The fourth-order valence-electron chi connectivity index (χ4n) is 2.65. The number of aliphatic carboxylic acids is 1. The van der Waals surface area contributed by atoms with E-state index in [-0.39, 0.29) is 18.4 Å². The van der Waals surface area contributed by atoms with E-state index in [1.54, 1.807) is 0 Å². The van der Waals surface area contributed by atoms with E-state index < -0.39 is 5.97 Å². The predicted octanol–water partition coefficient (Wildman–Crippen LogP) is 1.92. The number of ether oxygens (including phenoxy) is 1. The standard InChI is InChI=1S/C14H19NO3/c1-2-18-10-3-4-11-9(7-10)8-13(15)12(11)5-6-14(16)17/h3-4,7,12-13H,2,5-6,8,15H2,1H3,(H,16,17). The van der Waals surface area contributed by atoms with Crippen LogP contribution < -0.4 is 10.5 Å². The van der Waals surface area contributed by atoms with E-state index in [1.807, 2.05) is 25.1 Å². The third-order valence-electron chi connectivity index (χ3n) is 3.47. The van der Waals surface area contributed by atoms with Crippen molar-refractivity contribution in [1.29, 1.82) is 0 Å². The van der Waals surface area contributed by atoms with Gasteiger partial charge in [0.2, 0.25) is 0 Å². The van der Waals surface area contributed by atoms with Crippen LogP contribution in [0.25, 0.3) is 0 Å². The van der Waals surface area contributed by atoms with E-state index >= 15 is 0 Å². The fourth-order valence-corrected chi connectivity index (χ4v) is 2.65. The zero-order valence-electron chi connectivity index (χ0n) is 10.6. The Hall–Kier alpha value is -1.55. The molecular formula is C14H19NO3. The van der Waals surface area contributed by atoms with Gasteiger partial charge in [0.05, 0.1) is 6.61 Å². The lowest BCUT2D eigenvalue weighted by molar-refractivity contribution is -0.137. The number of carboxylic acid groups (broad SMARTS) is 1. The van der Waals surface area contributed by atoms with Crippen molar-refractivity contribution >= 4 is 5.97 Å². The highest BCUT2D eigenvalue weighted by atomic mass is 16.5. The average molecular weight is 249 g/mol. The van der Waals surface area contributed by atoms with E-state index in [4.69, 9.17) is 15.6 Å². The van der Waals surface area contributed by atoms with E-state index in [9.17, 15) is 4.79 Å². The van der Waals surface area contributed by atoms with Crippen molar-refractivity contribution in [1.82, 2.24) is 0 Å². The third-order valence-corrected chi connectivity index (χ3v) is 3.47. The number of hydrogen-bond acceptors (Lipinski definition) is 3. The molecule has 2 unspecified atom stereocenters. The van der Waals surface area contributed by atoms with Gasteiger partial charge in [-0.1, -0.05) is 6.07 Å². The Morgan fingerprint density at radius 1 is 1.56 bits per heavy atom. The van der Waals surface area contributed by atoms with Crippen LogP contribution in [0.5, 0.6) is 5.75 Å². The van der Waals surface area contributed by atoms with Crippen molar-refractivity contribution < 1.29 is 14.6 Å². The first kappa shape index (κ1) is 12.9. The topological polar surface area (TPSA) is 72.5 Å². The summed E-state index contributed by atoms with van der Waals surface area (Å²) in [5, 5.41) is 8.76. The van der Waals surface area contributed by atoms with Gasteiger partial charge in [0.1, 0.15) is 5.75 Å². The van der Waals surface area contributed by atoms with E-state index in [0.717, 1.165) is 12.2 Å². The Kier molecular flexibility index (Phi) is 3.87. The summed E-state index contributed by atoms with van der Waals surface area (Å²) in [5.74, 6) is 0.260. The van der Waals surface area contributed by atoms with Crippen LogP contribution in [0.1, 0.15) is 36.8 Å². The molecule has 1 aromatic rings.